The first-order chi connectivity index (χ1) is 14.4. The first-order valence-electron chi connectivity index (χ1n) is 10.3. The Morgan fingerprint density at radius 1 is 0.903 bits per heavy atom. The quantitative estimate of drug-likeness (QED) is 0.539. The molecule has 3 aliphatic carbocycles. The van der Waals surface area contributed by atoms with Gasteiger partial charge in [0.2, 0.25) is 0 Å². The average molecular weight is 472 g/mol. The molecule has 5 rings (SSSR count). The molecule has 1 atom stereocenters. The number of benzene rings is 1. The Labute approximate surface area is 203 Å². The molecular formula is C27H26ClFeNO+2. The minimum Gasteiger partial charge on any atom is -0.358 e. The topological polar surface area (TPSA) is 29.1 Å². The van der Waals surface area contributed by atoms with E-state index in [1.807, 2.05) is 69.2 Å². The van der Waals surface area contributed by atoms with Gasteiger partial charge in [0.05, 0.1) is 0 Å². The third-order valence-electron chi connectivity index (χ3n) is 5.61. The molecule has 0 saturated heterocycles. The number of hydrogen-bond donors (Lipinski definition) is 1. The maximum absolute atomic E-state index is 12.9. The molecule has 158 valence electrons. The first-order valence-corrected chi connectivity index (χ1v) is 10.7. The van der Waals surface area contributed by atoms with E-state index in [9.17, 15) is 4.79 Å². The van der Waals surface area contributed by atoms with Crippen molar-refractivity contribution in [1.82, 2.24) is 5.32 Å². The van der Waals surface area contributed by atoms with Crippen molar-refractivity contribution in [2.24, 2.45) is 11.3 Å². The maximum Gasteiger partial charge on any atom is 2.00 e. The van der Waals surface area contributed by atoms with Gasteiger partial charge in [0, 0.05) is 34.3 Å². The van der Waals surface area contributed by atoms with Gasteiger partial charge in [-0.25, -0.2) is 0 Å². The maximum atomic E-state index is 12.9. The average Bonchev–Trinajstić information content (AvgIpc) is 3.43. The van der Waals surface area contributed by atoms with Crippen LogP contribution < -0.4 is 5.32 Å². The molecule has 1 aromatic rings. The van der Waals surface area contributed by atoms with E-state index in [4.69, 9.17) is 11.6 Å². The zero-order valence-corrected chi connectivity index (χ0v) is 19.6. The standard InChI is InChI=1S/C22H21ClNO.C5H5.Fe/c1-22(2)12-19-21(20(25)13-22)17(14-5-3-4-6-14)11-18(24-19)15-7-9-16(23)10-8-15;1-2-4-5-3-1;/h3-11,17,24H,12-13H2,1-2H3;1-5H;/q;;+2. The van der Waals surface area contributed by atoms with Gasteiger partial charge in [-0.2, -0.15) is 0 Å². The van der Waals surface area contributed by atoms with Crippen molar-refractivity contribution >= 4 is 23.1 Å². The smallest absolute Gasteiger partial charge is 0.358 e. The van der Waals surface area contributed by atoms with Crippen molar-refractivity contribution < 1.29 is 21.9 Å². The number of rotatable bonds is 2. The van der Waals surface area contributed by atoms with E-state index in [-0.39, 0.29) is 34.2 Å². The summed E-state index contributed by atoms with van der Waals surface area (Å²) >= 11 is 6.03. The predicted molar refractivity (Wildman–Crippen MR) is 123 cm³/mol. The Morgan fingerprint density at radius 2 is 1.48 bits per heavy atom. The number of hydrogen-bond acceptors (Lipinski definition) is 2. The fourth-order valence-electron chi connectivity index (χ4n) is 4.24. The zero-order valence-electron chi connectivity index (χ0n) is 17.7. The summed E-state index contributed by atoms with van der Waals surface area (Å²) in [5.41, 5.74) is 4.13. The third kappa shape index (κ3) is 6.06. The summed E-state index contributed by atoms with van der Waals surface area (Å²) in [4.78, 5) is 12.9. The van der Waals surface area contributed by atoms with E-state index in [1.165, 1.54) is 5.92 Å². The number of Topliss-reactive ketones (excluding diaryl/α,β-unsaturated/α-hetero) is 1. The van der Waals surface area contributed by atoms with E-state index in [0.29, 0.717) is 6.42 Å². The van der Waals surface area contributed by atoms with Crippen LogP contribution in [0.15, 0.2) is 41.6 Å². The Kier molecular flexibility index (Phi) is 8.52. The second-order valence-corrected chi connectivity index (χ2v) is 9.14. The summed E-state index contributed by atoms with van der Waals surface area (Å²) in [6, 6.07) is 7.84. The molecule has 2 saturated carbocycles. The molecule has 10 radical (unpaired) electrons. The van der Waals surface area contributed by atoms with Crippen molar-refractivity contribution in [2.75, 3.05) is 0 Å². The number of dihydropyridines is 1. The summed E-state index contributed by atoms with van der Waals surface area (Å²) in [6.07, 6.45) is 21.9. The molecule has 0 amide bonds. The van der Waals surface area contributed by atoms with Crippen LogP contribution in [0.4, 0.5) is 0 Å². The summed E-state index contributed by atoms with van der Waals surface area (Å²) in [5.74, 6) is 1.45. The van der Waals surface area contributed by atoms with E-state index < -0.39 is 0 Å². The minimum atomic E-state index is -0.0120. The second-order valence-electron chi connectivity index (χ2n) is 8.70. The molecule has 1 aromatic carbocycles. The number of nitrogens with one attached hydrogen (secondary N) is 1. The first kappa shape index (κ1) is 24.6. The van der Waals surface area contributed by atoms with Crippen LogP contribution in [-0.2, 0) is 21.9 Å². The number of ketones is 1. The number of allylic oxidation sites excluding steroid dienone is 3. The van der Waals surface area contributed by atoms with Gasteiger partial charge in [-0.3, -0.25) is 4.79 Å². The molecule has 2 fully saturated rings. The molecule has 4 aliphatic rings. The third-order valence-corrected chi connectivity index (χ3v) is 5.86. The van der Waals surface area contributed by atoms with Gasteiger partial charge in [0.15, 0.2) is 5.78 Å². The molecule has 0 aromatic heterocycles. The Hall–Kier alpha value is -1.02. The molecule has 4 heteroatoms. The zero-order chi connectivity index (χ0) is 21.1. The van der Waals surface area contributed by atoms with Crippen LogP contribution in [0.2, 0.25) is 5.02 Å². The SMILES string of the molecule is CC1(C)CC(=O)C2=C(C1)NC(c1ccc(Cl)cc1)=CC2[C]1[CH][CH][CH][CH]1.[CH]1[CH][CH][CH][CH]1.[Fe+2]. The van der Waals surface area contributed by atoms with Gasteiger partial charge in [0.1, 0.15) is 0 Å². The summed E-state index contributed by atoms with van der Waals surface area (Å²) in [6.45, 7) is 4.32. The number of halogens is 1. The molecule has 1 aliphatic heterocycles. The second kappa shape index (κ2) is 10.7. The monoisotopic (exact) mass is 471 g/mol. The fourth-order valence-corrected chi connectivity index (χ4v) is 4.37. The van der Waals surface area contributed by atoms with Gasteiger partial charge >= 0.3 is 17.1 Å². The van der Waals surface area contributed by atoms with Gasteiger partial charge < -0.3 is 5.32 Å². The van der Waals surface area contributed by atoms with Gasteiger partial charge in [-0.15, -0.1) is 0 Å². The van der Waals surface area contributed by atoms with Gasteiger partial charge in [-0.1, -0.05) is 43.7 Å². The van der Waals surface area contributed by atoms with Crippen molar-refractivity contribution in [3.05, 3.63) is 116 Å². The molecular weight excluding hydrogens is 446 g/mol. The fraction of sp³-hybridized carbons (Fsp3) is 0.222. The Morgan fingerprint density at radius 3 is 2.06 bits per heavy atom. The van der Waals surface area contributed by atoms with Crippen LogP contribution in [0, 0.1) is 75.0 Å². The van der Waals surface area contributed by atoms with Gasteiger partial charge in [-0.05, 0) is 93.2 Å². The van der Waals surface area contributed by atoms with E-state index in [1.54, 1.807) is 0 Å². The molecule has 1 N–H and O–H groups in total. The molecule has 0 bridgehead atoms. The van der Waals surface area contributed by atoms with Crippen LogP contribution in [-0.4, -0.2) is 5.78 Å². The normalized spacial score (nSPS) is 25.1. The molecule has 1 unspecified atom stereocenters. The van der Waals surface area contributed by atoms with Crippen LogP contribution in [0.3, 0.4) is 0 Å². The molecule has 1 heterocycles. The Balaban J connectivity index is 0.000000401. The summed E-state index contributed by atoms with van der Waals surface area (Å²) in [5, 5.41) is 4.27. The van der Waals surface area contributed by atoms with Crippen LogP contribution in [0.1, 0.15) is 32.3 Å². The van der Waals surface area contributed by atoms with Crippen molar-refractivity contribution in [2.45, 2.75) is 26.7 Å². The minimum absolute atomic E-state index is 0. The van der Waals surface area contributed by atoms with Crippen LogP contribution >= 0.6 is 11.6 Å². The van der Waals surface area contributed by atoms with Gasteiger partial charge in [0.25, 0.3) is 0 Å². The van der Waals surface area contributed by atoms with Crippen molar-refractivity contribution in [3.63, 3.8) is 0 Å². The largest absolute Gasteiger partial charge is 2.00 e. The van der Waals surface area contributed by atoms with Crippen molar-refractivity contribution in [1.29, 1.82) is 0 Å². The summed E-state index contributed by atoms with van der Waals surface area (Å²) < 4.78 is 0. The van der Waals surface area contributed by atoms with E-state index >= 15 is 0 Å². The van der Waals surface area contributed by atoms with Crippen molar-refractivity contribution in [3.8, 4) is 0 Å². The van der Waals surface area contributed by atoms with Crippen LogP contribution in [0.5, 0.6) is 0 Å². The van der Waals surface area contributed by atoms with E-state index in [2.05, 4.69) is 38.1 Å². The van der Waals surface area contributed by atoms with E-state index in [0.717, 1.165) is 34.0 Å². The number of carbonyl (C=O) groups is 1. The summed E-state index contributed by atoms with van der Waals surface area (Å²) in [7, 11) is 0. The van der Waals surface area contributed by atoms with Crippen LogP contribution in [0.25, 0.3) is 5.70 Å². The Bertz CT molecular complexity index is 822. The molecule has 2 nitrogen and oxygen atoms in total. The molecule has 31 heavy (non-hydrogen) atoms. The molecule has 0 spiro atoms. The number of carbonyl (C=O) groups excluding carboxylic acids is 1. The predicted octanol–water partition coefficient (Wildman–Crippen LogP) is 5.97.